The van der Waals surface area contributed by atoms with Gasteiger partial charge in [0.2, 0.25) is 0 Å². The van der Waals surface area contributed by atoms with Crippen molar-refractivity contribution in [1.82, 2.24) is 19.7 Å². The molecule has 1 amide bonds. The highest BCUT2D eigenvalue weighted by Crippen LogP contribution is 2.27. The number of carbonyl (C=O) groups is 1. The fourth-order valence-electron chi connectivity index (χ4n) is 2.19. The van der Waals surface area contributed by atoms with E-state index in [1.807, 2.05) is 18.4 Å². The van der Waals surface area contributed by atoms with Gasteiger partial charge in [-0.15, -0.1) is 0 Å². The normalized spacial score (nSPS) is 11.3. The first kappa shape index (κ1) is 12.9. The van der Waals surface area contributed by atoms with Crippen LogP contribution in [0.2, 0.25) is 0 Å². The van der Waals surface area contributed by atoms with Crippen molar-refractivity contribution in [3.8, 4) is 0 Å². The lowest BCUT2D eigenvalue weighted by Crippen LogP contribution is -2.12. The maximum absolute atomic E-state index is 11.5. The molecule has 6 nitrogen and oxygen atoms in total. The number of rotatable bonds is 3. The van der Waals surface area contributed by atoms with Gasteiger partial charge in [0.1, 0.15) is 5.52 Å². The number of hydrogen-bond donors (Lipinski definition) is 1. The quantitative estimate of drug-likeness (QED) is 0.584. The number of primary amides is 1. The number of nitrogens with zero attached hydrogens (tertiary/aromatic N) is 4. The third-order valence-electron chi connectivity index (χ3n) is 3.07. The van der Waals surface area contributed by atoms with Crippen molar-refractivity contribution in [2.75, 3.05) is 6.26 Å². The maximum Gasteiger partial charge on any atom is 0.269 e. The van der Waals surface area contributed by atoms with Crippen LogP contribution in [0.25, 0.3) is 21.8 Å². The highest BCUT2D eigenvalue weighted by molar-refractivity contribution is 7.98. The van der Waals surface area contributed by atoms with Crippen molar-refractivity contribution >= 4 is 39.5 Å². The lowest BCUT2D eigenvalue weighted by molar-refractivity contribution is 0.0996. The Balaban J connectivity index is 2.48. The van der Waals surface area contributed by atoms with E-state index >= 15 is 0 Å². The van der Waals surface area contributed by atoms with Crippen LogP contribution < -0.4 is 5.73 Å². The lowest BCUT2D eigenvalue weighted by Gasteiger charge is -2.03. The minimum Gasteiger partial charge on any atom is -0.364 e. The van der Waals surface area contributed by atoms with Crippen molar-refractivity contribution in [2.45, 2.75) is 11.7 Å². The van der Waals surface area contributed by atoms with Crippen LogP contribution in [0.1, 0.15) is 10.5 Å². The molecule has 0 spiro atoms. The molecule has 3 rings (SSSR count). The Kier molecular flexibility index (Phi) is 3.06. The lowest BCUT2D eigenvalue weighted by atomic mass is 10.1. The van der Waals surface area contributed by atoms with E-state index < -0.39 is 5.91 Å². The van der Waals surface area contributed by atoms with Gasteiger partial charge >= 0.3 is 0 Å². The summed E-state index contributed by atoms with van der Waals surface area (Å²) in [4.78, 5) is 20.3. The second-order valence-corrected chi connectivity index (χ2v) is 4.97. The Hall–Kier alpha value is -2.15. The van der Waals surface area contributed by atoms with Crippen LogP contribution in [0, 0.1) is 6.92 Å². The Morgan fingerprint density at radius 2 is 2.30 bits per heavy atom. The van der Waals surface area contributed by atoms with Gasteiger partial charge in [-0.3, -0.25) is 9.48 Å². The smallest absolute Gasteiger partial charge is 0.269 e. The van der Waals surface area contributed by atoms with Crippen molar-refractivity contribution in [2.24, 2.45) is 5.73 Å². The number of hydrogen-bond acceptors (Lipinski definition) is 5. The molecule has 0 aliphatic heterocycles. The van der Waals surface area contributed by atoms with E-state index in [0.29, 0.717) is 17.1 Å². The van der Waals surface area contributed by atoms with E-state index in [9.17, 15) is 4.79 Å². The van der Waals surface area contributed by atoms with Gasteiger partial charge in [0.25, 0.3) is 5.91 Å². The zero-order valence-corrected chi connectivity index (χ0v) is 11.6. The molecule has 0 saturated heterocycles. The number of benzene rings is 1. The Morgan fingerprint density at radius 3 is 2.95 bits per heavy atom. The van der Waals surface area contributed by atoms with Crippen LogP contribution in [0.15, 0.2) is 23.5 Å². The van der Waals surface area contributed by atoms with Crippen LogP contribution in [0.3, 0.4) is 0 Å². The average molecular weight is 286 g/mol. The average Bonchev–Trinajstić information content (AvgIpc) is 2.86. The first-order valence-electron chi connectivity index (χ1n) is 5.95. The Labute approximate surface area is 119 Å². The largest absolute Gasteiger partial charge is 0.364 e. The van der Waals surface area contributed by atoms with Gasteiger partial charge in [-0.25, -0.2) is 9.97 Å². The predicted molar refractivity (Wildman–Crippen MR) is 78.5 cm³/mol. The summed E-state index contributed by atoms with van der Waals surface area (Å²) in [5.74, 6) is -0.555. The molecule has 1 aromatic carbocycles. The minimum absolute atomic E-state index is 0.245. The summed E-state index contributed by atoms with van der Waals surface area (Å²) in [6.07, 6.45) is 3.67. The van der Waals surface area contributed by atoms with Gasteiger partial charge in [0.05, 0.1) is 5.52 Å². The summed E-state index contributed by atoms with van der Waals surface area (Å²) in [5, 5.41) is 6.48. The SMILES string of the molecule is [CH2]Cn1nc(C(N)=O)c2ccc3cnc(SC)nc3c21. The summed E-state index contributed by atoms with van der Waals surface area (Å²) < 4.78 is 1.65. The standard InChI is InChI=1S/C13H12N5OS/c1-3-18-11-8(10(17-18)12(14)19)5-4-7-6-15-13(20-2)16-9(7)11/h4-6H,1,3H2,2H3,(H2,14,19). The van der Waals surface area contributed by atoms with Crippen LogP contribution in [-0.4, -0.2) is 31.9 Å². The molecule has 3 aromatic rings. The fraction of sp³-hybridized carbons (Fsp3) is 0.154. The highest BCUT2D eigenvalue weighted by atomic mass is 32.2. The monoisotopic (exact) mass is 286 g/mol. The van der Waals surface area contributed by atoms with Gasteiger partial charge in [-0.1, -0.05) is 17.8 Å². The molecule has 0 unspecified atom stereocenters. The zero-order valence-electron chi connectivity index (χ0n) is 10.8. The number of carbonyl (C=O) groups excluding carboxylic acids is 1. The molecule has 2 aromatic heterocycles. The van der Waals surface area contributed by atoms with E-state index in [2.05, 4.69) is 22.0 Å². The molecule has 0 atom stereocenters. The molecule has 0 bridgehead atoms. The number of nitrogens with two attached hydrogens (primary N) is 1. The summed E-state index contributed by atoms with van der Waals surface area (Å²) >= 11 is 1.46. The molecule has 101 valence electrons. The zero-order chi connectivity index (χ0) is 14.3. The molecule has 2 N–H and O–H groups in total. The van der Waals surface area contributed by atoms with Crippen molar-refractivity contribution in [3.05, 3.63) is 30.9 Å². The molecule has 2 heterocycles. The Morgan fingerprint density at radius 1 is 1.50 bits per heavy atom. The predicted octanol–water partition coefficient (Wildman–Crippen LogP) is 1.63. The summed E-state index contributed by atoms with van der Waals surface area (Å²) in [5.41, 5.74) is 7.14. The van der Waals surface area contributed by atoms with E-state index in [4.69, 9.17) is 5.73 Å². The second-order valence-electron chi connectivity index (χ2n) is 4.19. The second kappa shape index (κ2) is 4.75. The first-order chi connectivity index (χ1) is 9.65. The third kappa shape index (κ3) is 1.82. The molecule has 20 heavy (non-hydrogen) atoms. The van der Waals surface area contributed by atoms with Gasteiger partial charge in [-0.05, 0) is 19.2 Å². The first-order valence-corrected chi connectivity index (χ1v) is 7.17. The molecule has 7 heteroatoms. The number of amides is 1. The number of thioether (sulfide) groups is 1. The van der Waals surface area contributed by atoms with Crippen LogP contribution >= 0.6 is 11.8 Å². The summed E-state index contributed by atoms with van der Waals surface area (Å²) in [7, 11) is 0. The van der Waals surface area contributed by atoms with Crippen LogP contribution in [-0.2, 0) is 6.54 Å². The molecule has 1 radical (unpaired) electrons. The molecular formula is C13H12N5OS. The number of aromatic nitrogens is 4. The molecule has 0 aliphatic rings. The highest BCUT2D eigenvalue weighted by Gasteiger charge is 2.17. The van der Waals surface area contributed by atoms with Crippen LogP contribution in [0.5, 0.6) is 0 Å². The van der Waals surface area contributed by atoms with Crippen LogP contribution in [0.4, 0.5) is 0 Å². The summed E-state index contributed by atoms with van der Waals surface area (Å²) in [6.45, 7) is 4.22. The fourth-order valence-corrected chi connectivity index (χ4v) is 2.53. The topological polar surface area (TPSA) is 86.7 Å². The van der Waals surface area contributed by atoms with Gasteiger partial charge in [-0.2, -0.15) is 5.10 Å². The third-order valence-corrected chi connectivity index (χ3v) is 3.63. The molecule has 0 aliphatic carbocycles. The van der Waals surface area contributed by atoms with E-state index in [1.165, 1.54) is 11.8 Å². The number of fused-ring (bicyclic) bond motifs is 3. The maximum atomic E-state index is 11.5. The molecule has 0 fully saturated rings. The van der Waals surface area contributed by atoms with Crippen molar-refractivity contribution < 1.29 is 4.79 Å². The van der Waals surface area contributed by atoms with E-state index in [1.54, 1.807) is 10.9 Å². The summed E-state index contributed by atoms with van der Waals surface area (Å²) in [6, 6.07) is 3.68. The van der Waals surface area contributed by atoms with Gasteiger partial charge in [0.15, 0.2) is 10.9 Å². The van der Waals surface area contributed by atoms with Crippen molar-refractivity contribution in [1.29, 1.82) is 0 Å². The van der Waals surface area contributed by atoms with Crippen molar-refractivity contribution in [3.63, 3.8) is 0 Å². The minimum atomic E-state index is -0.555. The van der Waals surface area contributed by atoms with E-state index in [0.717, 1.165) is 16.4 Å². The van der Waals surface area contributed by atoms with Gasteiger partial charge < -0.3 is 5.73 Å². The van der Waals surface area contributed by atoms with E-state index in [-0.39, 0.29) is 5.69 Å². The molecule has 0 saturated carbocycles. The molecular weight excluding hydrogens is 274 g/mol. The Bertz CT molecular complexity index is 826. The van der Waals surface area contributed by atoms with Gasteiger partial charge in [0, 0.05) is 23.5 Å².